The number of rotatable bonds is 4. The number of aromatic nitrogens is 2. The molecule has 1 aromatic heterocycles. The van der Waals surface area contributed by atoms with Crippen LogP contribution in [0, 0.1) is 0 Å². The molecule has 2 heterocycles. The molecule has 0 aliphatic carbocycles. The fraction of sp³-hybridized carbons (Fsp3) is 0.467. The molecule has 1 aliphatic rings. The van der Waals surface area contributed by atoms with Crippen LogP contribution >= 0.6 is 0 Å². The van der Waals surface area contributed by atoms with Crippen molar-refractivity contribution in [2.45, 2.75) is 25.5 Å². The highest BCUT2D eigenvalue weighted by molar-refractivity contribution is 5.56. The number of nitrogens with zero attached hydrogens (tertiary/aromatic N) is 3. The van der Waals surface area contributed by atoms with Gasteiger partial charge in [-0.3, -0.25) is 0 Å². The van der Waals surface area contributed by atoms with Crippen molar-refractivity contribution in [2.24, 2.45) is 5.73 Å². The standard InChI is InChI=1S/C15H20N4O2/c1-19-7-3-6-13(10-19)20-12-5-2-4-11(8-12)15-17-14(9-16)21-18-15/h2,4-5,8,13H,3,6-7,9-10,16H2,1H3. The minimum atomic E-state index is 0.240. The maximum Gasteiger partial charge on any atom is 0.240 e. The summed E-state index contributed by atoms with van der Waals surface area (Å²) in [6.45, 7) is 2.35. The second-order valence-electron chi connectivity index (χ2n) is 5.39. The lowest BCUT2D eigenvalue weighted by molar-refractivity contribution is 0.104. The predicted molar refractivity (Wildman–Crippen MR) is 78.8 cm³/mol. The molecule has 1 aliphatic heterocycles. The molecular weight excluding hydrogens is 268 g/mol. The maximum atomic E-state index is 6.07. The summed E-state index contributed by atoms with van der Waals surface area (Å²) in [6, 6.07) is 7.78. The third-order valence-corrected chi connectivity index (χ3v) is 3.62. The van der Waals surface area contributed by atoms with Gasteiger partial charge >= 0.3 is 0 Å². The van der Waals surface area contributed by atoms with Gasteiger partial charge in [0, 0.05) is 12.1 Å². The molecule has 1 fully saturated rings. The van der Waals surface area contributed by atoms with E-state index in [1.807, 2.05) is 24.3 Å². The van der Waals surface area contributed by atoms with Crippen LogP contribution in [0.5, 0.6) is 5.75 Å². The zero-order chi connectivity index (χ0) is 14.7. The molecule has 21 heavy (non-hydrogen) atoms. The minimum Gasteiger partial charge on any atom is -0.489 e. The first-order chi connectivity index (χ1) is 10.2. The Bertz CT molecular complexity index is 599. The third kappa shape index (κ3) is 3.40. The summed E-state index contributed by atoms with van der Waals surface area (Å²) < 4.78 is 11.1. The van der Waals surface area contributed by atoms with Gasteiger partial charge in [0.05, 0.1) is 6.54 Å². The first kappa shape index (κ1) is 14.0. The molecule has 6 heteroatoms. The van der Waals surface area contributed by atoms with Gasteiger partial charge in [-0.05, 0) is 38.6 Å². The molecule has 1 saturated heterocycles. The van der Waals surface area contributed by atoms with Crippen molar-refractivity contribution in [2.75, 3.05) is 20.1 Å². The lowest BCUT2D eigenvalue weighted by atomic mass is 10.1. The minimum absolute atomic E-state index is 0.240. The number of ether oxygens (including phenoxy) is 1. The molecule has 2 aromatic rings. The van der Waals surface area contributed by atoms with Crippen molar-refractivity contribution >= 4 is 0 Å². The fourth-order valence-electron chi connectivity index (χ4n) is 2.57. The molecule has 2 N–H and O–H groups in total. The van der Waals surface area contributed by atoms with E-state index in [0.717, 1.165) is 30.8 Å². The first-order valence-corrected chi connectivity index (χ1v) is 7.23. The predicted octanol–water partition coefficient (Wildman–Crippen LogP) is 1.67. The van der Waals surface area contributed by atoms with Crippen LogP contribution in [0.4, 0.5) is 0 Å². The topological polar surface area (TPSA) is 77.4 Å². The lowest BCUT2D eigenvalue weighted by Crippen LogP contribution is -2.38. The van der Waals surface area contributed by atoms with Crippen molar-refractivity contribution < 1.29 is 9.26 Å². The van der Waals surface area contributed by atoms with Crippen LogP contribution in [-0.2, 0) is 6.54 Å². The van der Waals surface area contributed by atoms with Crippen molar-refractivity contribution in [3.63, 3.8) is 0 Å². The van der Waals surface area contributed by atoms with Gasteiger partial charge in [0.1, 0.15) is 11.9 Å². The Morgan fingerprint density at radius 2 is 2.38 bits per heavy atom. The van der Waals surface area contributed by atoms with Gasteiger partial charge in [-0.1, -0.05) is 17.3 Å². The van der Waals surface area contributed by atoms with Crippen molar-refractivity contribution in [1.29, 1.82) is 0 Å². The highest BCUT2D eigenvalue weighted by atomic mass is 16.5. The Kier molecular flexibility index (Phi) is 4.17. The van der Waals surface area contributed by atoms with Crippen LogP contribution in [0.1, 0.15) is 18.7 Å². The van der Waals surface area contributed by atoms with E-state index in [1.165, 1.54) is 6.42 Å². The van der Waals surface area contributed by atoms with E-state index in [1.54, 1.807) is 0 Å². The summed E-state index contributed by atoms with van der Waals surface area (Å²) in [5, 5.41) is 3.93. The van der Waals surface area contributed by atoms with E-state index in [-0.39, 0.29) is 12.6 Å². The zero-order valence-corrected chi connectivity index (χ0v) is 12.2. The smallest absolute Gasteiger partial charge is 0.240 e. The summed E-state index contributed by atoms with van der Waals surface area (Å²) in [7, 11) is 2.12. The molecule has 0 saturated carbocycles. The van der Waals surface area contributed by atoms with Crippen LogP contribution < -0.4 is 10.5 Å². The molecule has 1 atom stereocenters. The SMILES string of the molecule is CN1CCCC(Oc2cccc(-c3noc(CN)n3)c2)C1. The number of likely N-dealkylation sites (N-methyl/N-ethyl adjacent to an activating group) is 1. The van der Waals surface area contributed by atoms with Crippen molar-refractivity contribution in [3.8, 4) is 17.1 Å². The average Bonchev–Trinajstić information content (AvgIpc) is 2.96. The normalized spacial score (nSPS) is 19.6. The van der Waals surface area contributed by atoms with Crippen molar-refractivity contribution in [1.82, 2.24) is 15.0 Å². The number of hydrogen-bond acceptors (Lipinski definition) is 6. The number of hydrogen-bond donors (Lipinski definition) is 1. The van der Waals surface area contributed by atoms with E-state index in [2.05, 4.69) is 22.1 Å². The van der Waals surface area contributed by atoms with Crippen LogP contribution in [0.25, 0.3) is 11.4 Å². The first-order valence-electron chi connectivity index (χ1n) is 7.23. The second kappa shape index (κ2) is 6.24. The Labute approximate surface area is 123 Å². The third-order valence-electron chi connectivity index (χ3n) is 3.62. The Morgan fingerprint density at radius 1 is 1.48 bits per heavy atom. The number of piperidine rings is 1. The molecule has 1 aromatic carbocycles. The van der Waals surface area contributed by atoms with Gasteiger partial charge in [0.25, 0.3) is 0 Å². The quantitative estimate of drug-likeness (QED) is 0.922. The average molecular weight is 288 g/mol. The van der Waals surface area contributed by atoms with Gasteiger partial charge in [-0.2, -0.15) is 4.98 Å². The van der Waals surface area contributed by atoms with E-state index in [4.69, 9.17) is 15.0 Å². The summed E-state index contributed by atoms with van der Waals surface area (Å²) in [5.41, 5.74) is 6.36. The van der Waals surface area contributed by atoms with Crippen molar-refractivity contribution in [3.05, 3.63) is 30.2 Å². The lowest BCUT2D eigenvalue weighted by Gasteiger charge is -2.30. The number of benzene rings is 1. The molecule has 0 spiro atoms. The Hall–Kier alpha value is -1.92. The van der Waals surface area contributed by atoms with E-state index < -0.39 is 0 Å². The van der Waals surface area contributed by atoms with Gasteiger partial charge in [0.2, 0.25) is 11.7 Å². The highest BCUT2D eigenvalue weighted by Gasteiger charge is 2.19. The maximum absolute atomic E-state index is 6.07. The zero-order valence-electron chi connectivity index (χ0n) is 12.2. The van der Waals surface area contributed by atoms with Gasteiger partial charge < -0.3 is 19.9 Å². The Balaban J connectivity index is 1.73. The summed E-state index contributed by atoms with van der Waals surface area (Å²) >= 11 is 0. The molecule has 112 valence electrons. The molecule has 6 nitrogen and oxygen atoms in total. The molecule has 0 radical (unpaired) electrons. The monoisotopic (exact) mass is 288 g/mol. The Morgan fingerprint density at radius 3 is 3.14 bits per heavy atom. The van der Waals surface area contributed by atoms with Crippen LogP contribution in [-0.4, -0.2) is 41.3 Å². The molecule has 1 unspecified atom stereocenters. The van der Waals surface area contributed by atoms with Crippen LogP contribution in [0.3, 0.4) is 0 Å². The molecule has 3 rings (SSSR count). The van der Waals surface area contributed by atoms with E-state index in [0.29, 0.717) is 11.7 Å². The second-order valence-corrected chi connectivity index (χ2v) is 5.39. The van der Waals surface area contributed by atoms with E-state index in [9.17, 15) is 0 Å². The number of likely N-dealkylation sites (tertiary alicyclic amines) is 1. The summed E-state index contributed by atoms with van der Waals surface area (Å²) in [6.07, 6.45) is 2.50. The highest BCUT2D eigenvalue weighted by Crippen LogP contribution is 2.24. The molecule has 0 bridgehead atoms. The molecular formula is C15H20N4O2. The van der Waals surface area contributed by atoms with Gasteiger partial charge in [-0.25, -0.2) is 0 Å². The molecule has 0 amide bonds. The van der Waals surface area contributed by atoms with E-state index >= 15 is 0 Å². The summed E-state index contributed by atoms with van der Waals surface area (Å²) in [5.74, 6) is 1.82. The van der Waals surface area contributed by atoms with Crippen LogP contribution in [0.15, 0.2) is 28.8 Å². The van der Waals surface area contributed by atoms with Gasteiger partial charge in [0.15, 0.2) is 0 Å². The fourth-order valence-corrected chi connectivity index (χ4v) is 2.57. The number of nitrogens with two attached hydrogens (primary N) is 1. The van der Waals surface area contributed by atoms with Crippen LogP contribution in [0.2, 0.25) is 0 Å². The summed E-state index contributed by atoms with van der Waals surface area (Å²) in [4.78, 5) is 6.53. The largest absolute Gasteiger partial charge is 0.489 e. The van der Waals surface area contributed by atoms with Gasteiger partial charge in [-0.15, -0.1) is 0 Å².